The molecule has 0 fully saturated rings. The highest BCUT2D eigenvalue weighted by atomic mass is 35.5. The van der Waals surface area contributed by atoms with E-state index in [2.05, 4.69) is 20.4 Å². The maximum absolute atomic E-state index is 14.5. The van der Waals surface area contributed by atoms with Crippen molar-refractivity contribution < 1.29 is 9.18 Å². The fourth-order valence-corrected chi connectivity index (χ4v) is 3.97. The number of halogens is 2. The standard InChI is InChI=1S/C20H15ClFN5O/c1-10-18-13(12-8-11(21)6-7-14(12)22)9-17(28)25-19(18)27(26-10)20-23-15-4-2-3-5-16(15)24-20/h2-8,13H,9H2,1H3,(H,23,24)(H,25,28)/t13-/m0/s1. The van der Waals surface area contributed by atoms with Gasteiger partial charge in [0, 0.05) is 22.9 Å². The second kappa shape index (κ2) is 6.17. The van der Waals surface area contributed by atoms with E-state index in [1.807, 2.05) is 31.2 Å². The average Bonchev–Trinajstić information content (AvgIpc) is 3.24. The number of nitrogens with zero attached hydrogens (tertiary/aromatic N) is 3. The van der Waals surface area contributed by atoms with Crippen molar-refractivity contribution in [2.24, 2.45) is 0 Å². The van der Waals surface area contributed by atoms with Gasteiger partial charge < -0.3 is 10.3 Å². The maximum Gasteiger partial charge on any atom is 0.231 e. The number of carbonyl (C=O) groups is 1. The molecule has 2 aromatic carbocycles. The molecule has 2 aromatic heterocycles. The number of nitrogens with one attached hydrogen (secondary N) is 2. The van der Waals surface area contributed by atoms with Gasteiger partial charge in [0.2, 0.25) is 11.9 Å². The number of anilines is 1. The zero-order valence-electron chi connectivity index (χ0n) is 14.8. The maximum atomic E-state index is 14.5. The van der Waals surface area contributed by atoms with E-state index in [4.69, 9.17) is 11.6 Å². The summed E-state index contributed by atoms with van der Waals surface area (Å²) in [6, 6.07) is 12.0. The van der Waals surface area contributed by atoms with Gasteiger partial charge >= 0.3 is 0 Å². The Balaban J connectivity index is 1.70. The molecule has 0 spiro atoms. The second-order valence-electron chi connectivity index (χ2n) is 6.81. The number of para-hydroxylation sites is 2. The van der Waals surface area contributed by atoms with Crippen molar-refractivity contribution in [1.82, 2.24) is 19.7 Å². The van der Waals surface area contributed by atoms with E-state index in [0.29, 0.717) is 28.0 Å². The summed E-state index contributed by atoms with van der Waals surface area (Å²) in [4.78, 5) is 20.2. The third-order valence-electron chi connectivity index (χ3n) is 5.01. The van der Waals surface area contributed by atoms with Crippen LogP contribution in [0.5, 0.6) is 0 Å². The van der Waals surface area contributed by atoms with Crippen LogP contribution < -0.4 is 5.32 Å². The van der Waals surface area contributed by atoms with E-state index in [1.165, 1.54) is 12.1 Å². The molecule has 0 bridgehead atoms. The predicted octanol–water partition coefficient (Wildman–Crippen LogP) is 4.32. The minimum absolute atomic E-state index is 0.122. The molecule has 6 nitrogen and oxygen atoms in total. The van der Waals surface area contributed by atoms with Crippen LogP contribution in [-0.4, -0.2) is 25.7 Å². The summed E-state index contributed by atoms with van der Waals surface area (Å²) in [5.41, 5.74) is 3.50. The second-order valence-corrected chi connectivity index (χ2v) is 7.24. The Morgan fingerprint density at radius 1 is 1.25 bits per heavy atom. The Morgan fingerprint density at radius 2 is 2.07 bits per heavy atom. The molecule has 1 aliphatic heterocycles. The van der Waals surface area contributed by atoms with Gasteiger partial charge in [-0.05, 0) is 42.8 Å². The summed E-state index contributed by atoms with van der Waals surface area (Å²) in [5.74, 6) is -0.101. The van der Waals surface area contributed by atoms with Gasteiger partial charge in [0.1, 0.15) is 11.6 Å². The third-order valence-corrected chi connectivity index (χ3v) is 5.25. The molecule has 4 aromatic rings. The van der Waals surface area contributed by atoms with Crippen molar-refractivity contribution in [1.29, 1.82) is 0 Å². The van der Waals surface area contributed by atoms with E-state index < -0.39 is 11.7 Å². The number of aryl methyl sites for hydroxylation is 1. The molecule has 1 atom stereocenters. The topological polar surface area (TPSA) is 75.6 Å². The van der Waals surface area contributed by atoms with Crippen LogP contribution in [0.25, 0.3) is 17.0 Å². The summed E-state index contributed by atoms with van der Waals surface area (Å²) in [5, 5.41) is 7.87. The van der Waals surface area contributed by atoms with E-state index in [9.17, 15) is 9.18 Å². The van der Waals surface area contributed by atoms with Crippen LogP contribution in [0.3, 0.4) is 0 Å². The number of imidazole rings is 1. The first-order valence-electron chi connectivity index (χ1n) is 8.80. The van der Waals surface area contributed by atoms with E-state index in [1.54, 1.807) is 10.7 Å². The summed E-state index contributed by atoms with van der Waals surface area (Å²) >= 11 is 6.08. The zero-order valence-corrected chi connectivity index (χ0v) is 15.6. The van der Waals surface area contributed by atoms with Crippen LogP contribution in [-0.2, 0) is 4.79 Å². The Kier molecular flexibility index (Phi) is 3.73. The first-order valence-corrected chi connectivity index (χ1v) is 9.18. The molecule has 2 N–H and O–H groups in total. The summed E-state index contributed by atoms with van der Waals surface area (Å²) in [6.45, 7) is 1.84. The molecule has 8 heteroatoms. The summed E-state index contributed by atoms with van der Waals surface area (Å²) < 4.78 is 16.1. The molecule has 28 heavy (non-hydrogen) atoms. The molecule has 5 rings (SSSR count). The Morgan fingerprint density at radius 3 is 2.89 bits per heavy atom. The SMILES string of the molecule is Cc1nn(-c2nc3ccccc3[nH]2)c2c1[C@H](c1cc(Cl)ccc1F)CC(=O)N2. The Hall–Kier alpha value is -3.19. The quantitative estimate of drug-likeness (QED) is 0.530. The van der Waals surface area contributed by atoms with Crippen LogP contribution in [0.2, 0.25) is 5.02 Å². The summed E-state index contributed by atoms with van der Waals surface area (Å²) in [6.07, 6.45) is 0.122. The molecule has 140 valence electrons. The van der Waals surface area contributed by atoms with Crippen LogP contribution >= 0.6 is 11.6 Å². The van der Waals surface area contributed by atoms with Crippen LogP contribution in [0.15, 0.2) is 42.5 Å². The normalized spacial score (nSPS) is 16.2. The zero-order chi connectivity index (χ0) is 19.4. The number of hydrogen-bond donors (Lipinski definition) is 2. The number of aromatic amines is 1. The molecule has 0 saturated heterocycles. The largest absolute Gasteiger partial charge is 0.322 e. The first kappa shape index (κ1) is 16.9. The lowest BCUT2D eigenvalue weighted by Gasteiger charge is -2.24. The molecule has 0 saturated carbocycles. The molecule has 1 amide bonds. The number of aromatic nitrogens is 4. The number of carbonyl (C=O) groups excluding carboxylic acids is 1. The Labute approximate surface area is 164 Å². The van der Waals surface area contributed by atoms with Gasteiger partial charge in [-0.25, -0.2) is 9.37 Å². The molecule has 3 heterocycles. The molecule has 1 aliphatic rings. The average molecular weight is 396 g/mol. The van der Waals surface area contributed by atoms with Crippen molar-refractivity contribution >= 4 is 34.4 Å². The highest BCUT2D eigenvalue weighted by Crippen LogP contribution is 2.41. The lowest BCUT2D eigenvalue weighted by molar-refractivity contribution is -0.116. The number of rotatable bonds is 2. The monoisotopic (exact) mass is 395 g/mol. The van der Waals surface area contributed by atoms with Crippen molar-refractivity contribution in [3.05, 3.63) is 70.1 Å². The van der Waals surface area contributed by atoms with Crippen molar-refractivity contribution in [3.8, 4) is 5.95 Å². The van der Waals surface area contributed by atoms with Crippen molar-refractivity contribution in [3.63, 3.8) is 0 Å². The molecular formula is C20H15ClFN5O. The van der Waals surface area contributed by atoms with Crippen LogP contribution in [0.1, 0.15) is 29.2 Å². The highest BCUT2D eigenvalue weighted by Gasteiger charge is 2.34. The first-order chi connectivity index (χ1) is 13.5. The van der Waals surface area contributed by atoms with Crippen molar-refractivity contribution in [2.45, 2.75) is 19.3 Å². The Bertz CT molecular complexity index is 1210. The van der Waals surface area contributed by atoms with Gasteiger partial charge in [-0.2, -0.15) is 9.78 Å². The molecule has 0 aliphatic carbocycles. The minimum Gasteiger partial charge on any atom is -0.322 e. The number of amides is 1. The molecular weight excluding hydrogens is 381 g/mol. The third kappa shape index (κ3) is 2.58. The van der Waals surface area contributed by atoms with Crippen molar-refractivity contribution in [2.75, 3.05) is 5.32 Å². The molecule has 0 unspecified atom stereocenters. The van der Waals surface area contributed by atoms with Gasteiger partial charge in [-0.1, -0.05) is 23.7 Å². The number of fused-ring (bicyclic) bond motifs is 2. The van der Waals surface area contributed by atoms with Gasteiger partial charge in [0.15, 0.2) is 0 Å². The molecule has 0 radical (unpaired) electrons. The summed E-state index contributed by atoms with van der Waals surface area (Å²) in [7, 11) is 0. The van der Waals surface area contributed by atoms with Crippen LogP contribution in [0.4, 0.5) is 10.2 Å². The lowest BCUT2D eigenvalue weighted by Crippen LogP contribution is -2.25. The van der Waals surface area contributed by atoms with Gasteiger partial charge in [-0.3, -0.25) is 4.79 Å². The number of hydrogen-bond acceptors (Lipinski definition) is 3. The van der Waals surface area contributed by atoms with E-state index >= 15 is 0 Å². The van der Waals surface area contributed by atoms with E-state index in [0.717, 1.165) is 16.6 Å². The fraction of sp³-hybridized carbons (Fsp3) is 0.150. The smallest absolute Gasteiger partial charge is 0.231 e. The van der Waals surface area contributed by atoms with Crippen LogP contribution in [0, 0.1) is 12.7 Å². The number of H-pyrrole nitrogens is 1. The van der Waals surface area contributed by atoms with Gasteiger partial charge in [0.25, 0.3) is 0 Å². The predicted molar refractivity (Wildman–Crippen MR) is 104 cm³/mol. The minimum atomic E-state index is -0.472. The number of benzene rings is 2. The van der Waals surface area contributed by atoms with Gasteiger partial charge in [0.05, 0.1) is 16.7 Å². The van der Waals surface area contributed by atoms with E-state index in [-0.39, 0.29) is 12.3 Å². The fourth-order valence-electron chi connectivity index (χ4n) is 3.79. The highest BCUT2D eigenvalue weighted by molar-refractivity contribution is 6.30. The van der Waals surface area contributed by atoms with Gasteiger partial charge in [-0.15, -0.1) is 0 Å². The lowest BCUT2D eigenvalue weighted by atomic mass is 9.85.